The minimum Gasteiger partial charge on any atom is -0.297 e. The van der Waals surface area contributed by atoms with Crippen LogP contribution in [0.5, 0.6) is 0 Å². The van der Waals surface area contributed by atoms with E-state index in [1.54, 1.807) is 0 Å². The van der Waals surface area contributed by atoms with Gasteiger partial charge in [-0.3, -0.25) is 14.7 Å². The molecule has 32 heavy (non-hydrogen) atoms. The van der Waals surface area contributed by atoms with Crippen molar-refractivity contribution in [2.24, 2.45) is 5.92 Å². The van der Waals surface area contributed by atoms with Crippen molar-refractivity contribution in [1.29, 1.82) is 0 Å². The fraction of sp³-hybridized carbons (Fsp3) is 0.357. The zero-order valence-electron chi connectivity index (χ0n) is 19.1. The Bertz CT molecular complexity index is 1070. The summed E-state index contributed by atoms with van der Waals surface area (Å²) < 4.78 is 0. The molecular weight excluding hydrogens is 412 g/mol. The summed E-state index contributed by atoms with van der Waals surface area (Å²) >= 11 is 1.45. The van der Waals surface area contributed by atoms with Gasteiger partial charge in [0.2, 0.25) is 0 Å². The van der Waals surface area contributed by atoms with Crippen LogP contribution in [0.15, 0.2) is 71.0 Å². The summed E-state index contributed by atoms with van der Waals surface area (Å²) in [6.07, 6.45) is 5.96. The number of Topliss-reactive ketones (excluding diaryl/α,β-unsaturated/α-hetero) is 1. The fourth-order valence-corrected chi connectivity index (χ4v) is 5.44. The van der Waals surface area contributed by atoms with Crippen molar-refractivity contribution in [3.05, 3.63) is 93.5 Å². The van der Waals surface area contributed by atoms with Crippen LogP contribution in [0.4, 0.5) is 0 Å². The van der Waals surface area contributed by atoms with Gasteiger partial charge in [-0.1, -0.05) is 67.2 Å². The van der Waals surface area contributed by atoms with Gasteiger partial charge in [-0.05, 0) is 67.0 Å². The zero-order chi connectivity index (χ0) is 22.5. The van der Waals surface area contributed by atoms with E-state index >= 15 is 0 Å². The third-order valence-electron chi connectivity index (χ3n) is 6.40. The van der Waals surface area contributed by atoms with Crippen molar-refractivity contribution in [3.8, 4) is 0 Å². The summed E-state index contributed by atoms with van der Waals surface area (Å²) in [6, 6.07) is 14.7. The first-order chi connectivity index (χ1) is 15.5. The first kappa shape index (κ1) is 22.8. The van der Waals surface area contributed by atoms with Gasteiger partial charge in [-0.2, -0.15) is 0 Å². The number of ketones is 1. The van der Waals surface area contributed by atoms with Gasteiger partial charge in [-0.25, -0.2) is 0 Å². The highest BCUT2D eigenvalue weighted by Gasteiger charge is 2.23. The molecule has 0 amide bonds. The highest BCUT2D eigenvalue weighted by Crippen LogP contribution is 2.37. The molecule has 2 aliphatic rings. The number of nitrogens with zero attached hydrogens (tertiary/aromatic N) is 2. The Balaban J connectivity index is 1.64. The van der Waals surface area contributed by atoms with E-state index in [0.717, 1.165) is 55.8 Å². The molecule has 0 aliphatic carbocycles. The Kier molecular flexibility index (Phi) is 7.44. The number of allylic oxidation sites excluding steroid dienone is 3. The standard InChI is InChI=1S/C28H32N2OS/c1-20-14-17-32-22(3)27(31)18-24-9-4-5-12-26(24)28(20)23-10-7-15-30(16-13-23)19-25-11-6-8-21(2)29-25/h4-6,8-9,11-12,14,17,20H,3,7,10,13,15-16,18-19H2,1-2H3/b17-14-,28-23-. The topological polar surface area (TPSA) is 33.2 Å². The SMILES string of the molecule is C=C1S/C=C\C(C)/C(=C2\CCCN(Cc3cccc(C)n3)CC2)c2ccccc2CC1=O. The minimum absolute atomic E-state index is 0.115. The normalized spacial score (nSPS) is 24.0. The number of hydrogen-bond acceptors (Lipinski definition) is 4. The maximum atomic E-state index is 12.7. The van der Waals surface area contributed by atoms with Crippen LogP contribution in [0.1, 0.15) is 48.7 Å². The Morgan fingerprint density at radius 3 is 2.81 bits per heavy atom. The maximum absolute atomic E-state index is 12.7. The molecule has 0 spiro atoms. The van der Waals surface area contributed by atoms with Crippen molar-refractivity contribution < 1.29 is 4.79 Å². The number of benzene rings is 1. The number of hydrogen-bond donors (Lipinski definition) is 0. The number of carbonyl (C=O) groups excluding carboxylic acids is 1. The van der Waals surface area contributed by atoms with Gasteiger partial charge in [0.05, 0.1) is 5.69 Å². The van der Waals surface area contributed by atoms with E-state index in [1.807, 2.05) is 11.5 Å². The molecule has 3 nitrogen and oxygen atoms in total. The number of aryl methyl sites for hydroxylation is 1. The van der Waals surface area contributed by atoms with Crippen molar-refractivity contribution in [1.82, 2.24) is 9.88 Å². The number of fused-ring (bicyclic) bond motifs is 1. The Morgan fingerprint density at radius 2 is 1.97 bits per heavy atom. The van der Waals surface area contributed by atoms with Gasteiger partial charge in [0.25, 0.3) is 0 Å². The highest BCUT2D eigenvalue weighted by molar-refractivity contribution is 8.06. The maximum Gasteiger partial charge on any atom is 0.173 e. The van der Waals surface area contributed by atoms with E-state index in [1.165, 1.54) is 28.5 Å². The summed E-state index contributed by atoms with van der Waals surface area (Å²) in [5.74, 6) is 0.411. The predicted molar refractivity (Wildman–Crippen MR) is 135 cm³/mol. The second kappa shape index (κ2) is 10.5. The molecule has 3 heterocycles. The number of likely N-dealkylation sites (tertiary alicyclic amines) is 1. The molecule has 1 aromatic carbocycles. The molecule has 1 aromatic heterocycles. The van der Waals surface area contributed by atoms with Crippen LogP contribution in [0, 0.1) is 12.8 Å². The molecule has 1 unspecified atom stereocenters. The van der Waals surface area contributed by atoms with Gasteiger partial charge in [0, 0.05) is 36.0 Å². The molecule has 166 valence electrons. The van der Waals surface area contributed by atoms with Crippen molar-refractivity contribution >= 4 is 23.1 Å². The fourth-order valence-electron chi connectivity index (χ4n) is 4.76. The lowest BCUT2D eigenvalue weighted by atomic mass is 9.83. The third-order valence-corrected chi connectivity index (χ3v) is 7.20. The van der Waals surface area contributed by atoms with Crippen LogP contribution < -0.4 is 0 Å². The molecule has 0 bridgehead atoms. The molecule has 2 aromatic rings. The summed E-state index contributed by atoms with van der Waals surface area (Å²) in [5.41, 5.74) is 7.53. The Labute approximate surface area is 196 Å². The van der Waals surface area contributed by atoms with Crippen LogP contribution >= 0.6 is 11.8 Å². The van der Waals surface area contributed by atoms with Gasteiger partial charge in [0.1, 0.15) is 0 Å². The zero-order valence-corrected chi connectivity index (χ0v) is 20.0. The van der Waals surface area contributed by atoms with Crippen LogP contribution in [0.2, 0.25) is 0 Å². The lowest BCUT2D eigenvalue weighted by Crippen LogP contribution is -2.24. The predicted octanol–water partition coefficient (Wildman–Crippen LogP) is 6.35. The van der Waals surface area contributed by atoms with E-state index in [0.29, 0.717) is 17.2 Å². The number of rotatable bonds is 2. The van der Waals surface area contributed by atoms with E-state index in [4.69, 9.17) is 4.98 Å². The van der Waals surface area contributed by atoms with Gasteiger partial charge < -0.3 is 0 Å². The van der Waals surface area contributed by atoms with Gasteiger partial charge >= 0.3 is 0 Å². The molecule has 1 fully saturated rings. The summed E-state index contributed by atoms with van der Waals surface area (Å²) in [6.45, 7) is 11.3. The second-order valence-corrected chi connectivity index (χ2v) is 9.83. The minimum atomic E-state index is 0.115. The second-order valence-electron chi connectivity index (χ2n) is 8.83. The van der Waals surface area contributed by atoms with Crippen LogP contribution in [0.3, 0.4) is 0 Å². The van der Waals surface area contributed by atoms with Crippen LogP contribution in [-0.2, 0) is 17.8 Å². The molecule has 0 N–H and O–H groups in total. The lowest BCUT2D eigenvalue weighted by Gasteiger charge is -2.23. The molecule has 0 saturated carbocycles. The van der Waals surface area contributed by atoms with E-state index in [2.05, 4.69) is 67.8 Å². The van der Waals surface area contributed by atoms with E-state index in [-0.39, 0.29) is 5.78 Å². The Morgan fingerprint density at radius 1 is 1.12 bits per heavy atom. The molecule has 2 aliphatic heterocycles. The van der Waals surface area contributed by atoms with Crippen LogP contribution in [0.25, 0.3) is 5.57 Å². The van der Waals surface area contributed by atoms with Crippen LogP contribution in [-0.4, -0.2) is 28.8 Å². The summed E-state index contributed by atoms with van der Waals surface area (Å²) in [5, 5.41) is 2.05. The first-order valence-corrected chi connectivity index (χ1v) is 12.4. The molecular formula is C28H32N2OS. The average Bonchev–Trinajstić information content (AvgIpc) is 3.00. The number of carbonyl (C=O) groups is 1. The average molecular weight is 445 g/mol. The van der Waals surface area contributed by atoms with Crippen molar-refractivity contribution in [3.63, 3.8) is 0 Å². The molecule has 4 rings (SSSR count). The van der Waals surface area contributed by atoms with Gasteiger partial charge in [-0.15, -0.1) is 0 Å². The van der Waals surface area contributed by atoms with Crippen molar-refractivity contribution in [2.75, 3.05) is 13.1 Å². The summed E-state index contributed by atoms with van der Waals surface area (Å²) in [4.78, 5) is 20.5. The lowest BCUT2D eigenvalue weighted by molar-refractivity contribution is -0.114. The Hall–Kier alpha value is -2.43. The third kappa shape index (κ3) is 5.48. The first-order valence-electron chi connectivity index (χ1n) is 11.5. The highest BCUT2D eigenvalue weighted by atomic mass is 32.2. The quantitative estimate of drug-likeness (QED) is 0.505. The molecule has 1 saturated heterocycles. The molecule has 0 radical (unpaired) electrons. The number of thioether (sulfide) groups is 1. The van der Waals surface area contributed by atoms with E-state index < -0.39 is 0 Å². The van der Waals surface area contributed by atoms with E-state index in [9.17, 15) is 4.79 Å². The number of pyridine rings is 1. The number of aromatic nitrogens is 1. The van der Waals surface area contributed by atoms with Gasteiger partial charge in [0.15, 0.2) is 5.78 Å². The molecule has 4 heteroatoms. The monoisotopic (exact) mass is 444 g/mol. The smallest absolute Gasteiger partial charge is 0.173 e. The summed E-state index contributed by atoms with van der Waals surface area (Å²) in [7, 11) is 0. The molecule has 1 atom stereocenters. The van der Waals surface area contributed by atoms with Crippen molar-refractivity contribution in [2.45, 2.75) is 46.1 Å². The largest absolute Gasteiger partial charge is 0.297 e.